The van der Waals surface area contributed by atoms with Crippen LogP contribution in [0.1, 0.15) is 48.2 Å². The van der Waals surface area contributed by atoms with Gasteiger partial charge in [0.15, 0.2) is 5.78 Å². The van der Waals surface area contributed by atoms with Crippen LogP contribution in [-0.4, -0.2) is 50.1 Å². The number of carbonyl (C=O) groups excluding carboxylic acids is 1. The van der Waals surface area contributed by atoms with Crippen LogP contribution in [0, 0.1) is 11.8 Å². The van der Waals surface area contributed by atoms with E-state index in [-0.39, 0.29) is 11.5 Å². The fraction of sp³-hybridized carbons (Fsp3) is 0.609. The molecule has 1 aromatic rings. The number of likely N-dealkylation sites (tertiary alicyclic amines) is 1. The van der Waals surface area contributed by atoms with E-state index in [1.54, 1.807) is 13.4 Å². The molecule has 2 fully saturated rings. The van der Waals surface area contributed by atoms with E-state index >= 15 is 0 Å². The second kappa shape index (κ2) is 7.88. The van der Waals surface area contributed by atoms with Gasteiger partial charge in [0.05, 0.1) is 18.9 Å². The summed E-state index contributed by atoms with van der Waals surface area (Å²) in [5, 5.41) is 3.27. The van der Waals surface area contributed by atoms with E-state index < -0.39 is 0 Å². The average molecular weight is 385 g/mol. The zero-order valence-electron chi connectivity index (χ0n) is 17.2. The van der Waals surface area contributed by atoms with Crippen LogP contribution in [0.15, 0.2) is 30.7 Å². The summed E-state index contributed by atoms with van der Waals surface area (Å²) in [6, 6.07) is 6.43. The number of fused-ring (bicyclic) bond motifs is 4. The summed E-state index contributed by atoms with van der Waals surface area (Å²) >= 11 is 0. The lowest BCUT2D eigenvalue weighted by Crippen LogP contribution is -2.44. The maximum Gasteiger partial charge on any atom is 0.180 e. The van der Waals surface area contributed by atoms with E-state index in [1.807, 2.05) is 12.3 Å². The van der Waals surface area contributed by atoms with E-state index in [4.69, 9.17) is 9.47 Å². The number of ketones is 1. The topological polar surface area (TPSA) is 50.8 Å². The van der Waals surface area contributed by atoms with E-state index in [9.17, 15) is 4.79 Å². The number of nitrogens with one attached hydrogen (secondary N) is 1. The van der Waals surface area contributed by atoms with Gasteiger partial charge in [-0.15, -0.1) is 0 Å². The number of rotatable bonds is 9. The lowest BCUT2D eigenvalue weighted by atomic mass is 9.65. The number of Topliss-reactive ketones (excluding diaryl/α,β-unsaturated/α-hetero) is 1. The van der Waals surface area contributed by atoms with Gasteiger partial charge in [0.1, 0.15) is 6.61 Å². The third-order valence-electron chi connectivity index (χ3n) is 6.82. The standard InChI is InChI=1S/C23H32N2O3/c1-16-21-22(26)19-7-6-18(13-24-8-9-28-11-10-27-3)12-20(19)23(16,2)15-25(21)14-17-4-5-17/h6-9,12,16-17,21,24H,4-5,10-11,13-15H2,1-3H3/b9-8+/t16-,21?,23+/m0/s1. The average Bonchev–Trinajstić information content (AvgIpc) is 3.46. The van der Waals surface area contributed by atoms with Gasteiger partial charge in [-0.05, 0) is 35.8 Å². The van der Waals surface area contributed by atoms with Gasteiger partial charge in [-0.1, -0.05) is 32.0 Å². The fourth-order valence-corrected chi connectivity index (χ4v) is 4.88. The maximum absolute atomic E-state index is 13.2. The number of nitrogens with zero attached hydrogens (tertiary/aromatic N) is 1. The molecule has 1 N–H and O–H groups in total. The normalized spacial score (nSPS) is 29.3. The molecule has 3 atom stereocenters. The summed E-state index contributed by atoms with van der Waals surface area (Å²) in [6.07, 6.45) is 6.12. The number of ether oxygens (including phenoxy) is 2. The zero-order valence-corrected chi connectivity index (χ0v) is 17.2. The minimum atomic E-state index is 0.0535. The van der Waals surface area contributed by atoms with Crippen molar-refractivity contribution >= 4 is 5.78 Å². The van der Waals surface area contributed by atoms with Crippen molar-refractivity contribution in [3.63, 3.8) is 0 Å². The number of methoxy groups -OCH3 is 1. The van der Waals surface area contributed by atoms with E-state index in [0.29, 0.717) is 31.5 Å². The first-order valence-electron chi connectivity index (χ1n) is 10.4. The van der Waals surface area contributed by atoms with Gasteiger partial charge in [0, 0.05) is 43.9 Å². The Labute approximate surface area is 168 Å². The van der Waals surface area contributed by atoms with Crippen molar-refractivity contribution in [3.05, 3.63) is 47.4 Å². The smallest absolute Gasteiger partial charge is 0.180 e. The Morgan fingerprint density at radius 2 is 2.14 bits per heavy atom. The van der Waals surface area contributed by atoms with Gasteiger partial charge in [-0.2, -0.15) is 0 Å². The molecule has 1 aliphatic heterocycles. The van der Waals surface area contributed by atoms with Crippen LogP contribution in [0.5, 0.6) is 0 Å². The molecule has 0 aromatic heterocycles. The molecule has 2 bridgehead atoms. The summed E-state index contributed by atoms with van der Waals surface area (Å²) in [4.78, 5) is 15.7. The van der Waals surface area contributed by atoms with Gasteiger partial charge in [0.2, 0.25) is 0 Å². The SMILES string of the molecule is COCCO/C=C/NCc1ccc2c(c1)[C@]1(C)CN(CC3CC3)C(C2=O)[C@@H]1C. The molecule has 1 saturated heterocycles. The Morgan fingerprint density at radius 1 is 1.32 bits per heavy atom. The summed E-state index contributed by atoms with van der Waals surface area (Å²) in [7, 11) is 1.66. The Hall–Kier alpha value is -1.85. The summed E-state index contributed by atoms with van der Waals surface area (Å²) < 4.78 is 10.3. The summed E-state index contributed by atoms with van der Waals surface area (Å²) in [6.45, 7) is 8.55. The largest absolute Gasteiger partial charge is 0.497 e. The van der Waals surface area contributed by atoms with Crippen LogP contribution in [0.3, 0.4) is 0 Å². The third kappa shape index (κ3) is 3.58. The van der Waals surface area contributed by atoms with Gasteiger partial charge >= 0.3 is 0 Å². The van der Waals surface area contributed by atoms with E-state index in [0.717, 1.165) is 24.6 Å². The molecule has 4 rings (SSSR count). The van der Waals surface area contributed by atoms with Crippen molar-refractivity contribution in [3.8, 4) is 0 Å². The molecule has 152 valence electrons. The molecule has 3 aliphatic rings. The van der Waals surface area contributed by atoms with Crippen molar-refractivity contribution in [1.29, 1.82) is 0 Å². The minimum absolute atomic E-state index is 0.0535. The highest BCUT2D eigenvalue weighted by molar-refractivity contribution is 6.04. The Bertz CT molecular complexity index is 758. The molecule has 1 unspecified atom stereocenters. The third-order valence-corrected chi connectivity index (χ3v) is 6.82. The highest BCUT2D eigenvalue weighted by atomic mass is 16.5. The van der Waals surface area contributed by atoms with Crippen molar-refractivity contribution in [1.82, 2.24) is 10.2 Å². The highest BCUT2D eigenvalue weighted by Gasteiger charge is 2.56. The van der Waals surface area contributed by atoms with Crippen molar-refractivity contribution in [2.45, 2.75) is 44.7 Å². The molecule has 1 aromatic carbocycles. The predicted octanol–water partition coefficient (Wildman–Crippen LogP) is 3.09. The molecule has 0 spiro atoms. The van der Waals surface area contributed by atoms with Gasteiger partial charge < -0.3 is 14.8 Å². The van der Waals surface area contributed by atoms with Gasteiger partial charge in [-0.25, -0.2) is 0 Å². The number of hydrogen-bond donors (Lipinski definition) is 1. The molecule has 0 amide bonds. The van der Waals surface area contributed by atoms with Crippen LogP contribution in [0.2, 0.25) is 0 Å². The molecule has 0 radical (unpaired) electrons. The molecule has 5 nitrogen and oxygen atoms in total. The molecule has 28 heavy (non-hydrogen) atoms. The summed E-state index contributed by atoms with van der Waals surface area (Å²) in [5.74, 6) is 1.50. The van der Waals surface area contributed by atoms with Gasteiger partial charge in [0.25, 0.3) is 0 Å². The first-order chi connectivity index (χ1) is 13.5. The monoisotopic (exact) mass is 384 g/mol. The predicted molar refractivity (Wildman–Crippen MR) is 109 cm³/mol. The highest BCUT2D eigenvalue weighted by Crippen LogP contribution is 2.50. The Morgan fingerprint density at radius 3 is 2.89 bits per heavy atom. The molecule has 5 heteroatoms. The first kappa shape index (κ1) is 19.5. The van der Waals surface area contributed by atoms with Crippen LogP contribution in [0.25, 0.3) is 0 Å². The second-order valence-corrected chi connectivity index (χ2v) is 8.82. The van der Waals surface area contributed by atoms with Crippen LogP contribution >= 0.6 is 0 Å². The quantitative estimate of drug-likeness (QED) is 0.524. The van der Waals surface area contributed by atoms with E-state index in [2.05, 4.69) is 36.2 Å². The first-order valence-corrected chi connectivity index (χ1v) is 10.4. The van der Waals surface area contributed by atoms with Gasteiger partial charge in [-0.3, -0.25) is 9.69 Å². The molecular formula is C23H32N2O3. The molecular weight excluding hydrogens is 352 g/mol. The molecule has 1 heterocycles. The van der Waals surface area contributed by atoms with Crippen molar-refractivity contribution < 1.29 is 14.3 Å². The Kier molecular flexibility index (Phi) is 5.48. The van der Waals surface area contributed by atoms with Crippen LogP contribution in [-0.2, 0) is 21.4 Å². The van der Waals surface area contributed by atoms with Crippen molar-refractivity contribution in [2.24, 2.45) is 11.8 Å². The Balaban J connectivity index is 1.46. The van der Waals surface area contributed by atoms with Crippen molar-refractivity contribution in [2.75, 3.05) is 33.4 Å². The zero-order chi connectivity index (χ0) is 19.7. The number of carbonyl (C=O) groups is 1. The lowest BCUT2D eigenvalue weighted by Gasteiger charge is -2.36. The minimum Gasteiger partial charge on any atom is -0.497 e. The van der Waals surface area contributed by atoms with Crippen LogP contribution < -0.4 is 5.32 Å². The molecule has 2 aliphatic carbocycles. The summed E-state index contributed by atoms with van der Waals surface area (Å²) in [5.41, 5.74) is 3.42. The maximum atomic E-state index is 13.2. The number of hydrogen-bond acceptors (Lipinski definition) is 5. The second-order valence-electron chi connectivity index (χ2n) is 8.82. The van der Waals surface area contributed by atoms with Crippen LogP contribution in [0.4, 0.5) is 0 Å². The fourth-order valence-electron chi connectivity index (χ4n) is 4.88. The van der Waals surface area contributed by atoms with E-state index in [1.165, 1.54) is 24.0 Å². The number of benzene rings is 1. The molecule has 1 saturated carbocycles. The lowest BCUT2D eigenvalue weighted by molar-refractivity contribution is 0.0819.